The third-order valence-electron chi connectivity index (χ3n) is 2.03. The van der Waals surface area contributed by atoms with Crippen molar-refractivity contribution in [3.05, 3.63) is 35.7 Å². The maximum absolute atomic E-state index is 3.82. The second kappa shape index (κ2) is 3.61. The van der Waals surface area contributed by atoms with E-state index in [-0.39, 0.29) is 0 Å². The van der Waals surface area contributed by atoms with E-state index < -0.39 is 0 Å². The molecule has 0 saturated carbocycles. The molecular weight excluding hydrogens is 146 g/mol. The van der Waals surface area contributed by atoms with Gasteiger partial charge in [0.05, 0.1) is 0 Å². The predicted octanol–water partition coefficient (Wildman–Crippen LogP) is 2.98. The second-order valence-electron chi connectivity index (χ2n) is 3.64. The molecule has 0 aromatic rings. The third-order valence-corrected chi connectivity index (χ3v) is 2.03. The van der Waals surface area contributed by atoms with Crippen molar-refractivity contribution in [3.63, 3.8) is 0 Å². The topological polar surface area (TPSA) is 12.0 Å². The van der Waals surface area contributed by atoms with Crippen LogP contribution >= 0.6 is 0 Å². The summed E-state index contributed by atoms with van der Waals surface area (Å²) in [6, 6.07) is 0. The van der Waals surface area contributed by atoms with Gasteiger partial charge in [0.15, 0.2) is 0 Å². The zero-order valence-corrected chi connectivity index (χ0v) is 8.15. The van der Waals surface area contributed by atoms with Crippen LogP contribution in [0.2, 0.25) is 0 Å². The highest BCUT2D eigenvalue weighted by atomic mass is 14.9. The molecule has 1 aliphatic carbocycles. The van der Waals surface area contributed by atoms with Crippen LogP contribution in [0.15, 0.2) is 35.7 Å². The van der Waals surface area contributed by atoms with E-state index in [9.17, 15) is 0 Å². The molecule has 0 aliphatic heterocycles. The first-order valence-corrected chi connectivity index (χ1v) is 4.40. The summed E-state index contributed by atoms with van der Waals surface area (Å²) in [5, 5.41) is 3.25. The number of rotatable bonds is 2. The summed E-state index contributed by atoms with van der Waals surface area (Å²) in [6.07, 6.45) is 5.54. The van der Waals surface area contributed by atoms with Crippen LogP contribution in [-0.4, -0.2) is 0 Å². The first kappa shape index (κ1) is 9.11. The number of nitrogens with one attached hydrogen (secondary N) is 1. The van der Waals surface area contributed by atoms with E-state index >= 15 is 0 Å². The maximum atomic E-state index is 3.82. The molecule has 0 saturated heterocycles. The van der Waals surface area contributed by atoms with Crippen LogP contribution in [-0.2, 0) is 0 Å². The van der Waals surface area contributed by atoms with Gasteiger partial charge < -0.3 is 5.32 Å². The Bertz CT molecular complexity index is 246. The molecule has 1 atom stereocenters. The minimum atomic E-state index is 0.681. The normalized spacial score (nSPS) is 22.8. The fourth-order valence-corrected chi connectivity index (χ4v) is 1.44. The lowest BCUT2D eigenvalue weighted by molar-refractivity contribution is 0.689. The largest absolute Gasteiger partial charge is 0.360 e. The molecule has 1 heteroatoms. The second-order valence-corrected chi connectivity index (χ2v) is 3.64. The van der Waals surface area contributed by atoms with Gasteiger partial charge in [0.1, 0.15) is 0 Å². The van der Waals surface area contributed by atoms with E-state index in [0.717, 1.165) is 12.1 Å². The third kappa shape index (κ3) is 2.26. The predicted molar refractivity (Wildman–Crippen MR) is 53.6 cm³/mol. The summed E-state index contributed by atoms with van der Waals surface area (Å²) < 4.78 is 0. The molecule has 0 bridgehead atoms. The summed E-state index contributed by atoms with van der Waals surface area (Å²) in [7, 11) is 0. The summed E-state index contributed by atoms with van der Waals surface area (Å²) >= 11 is 0. The summed E-state index contributed by atoms with van der Waals surface area (Å²) in [5.41, 5.74) is 3.65. The maximum Gasteiger partial charge on any atom is 0.0367 e. The molecule has 1 nitrogen and oxygen atoms in total. The minimum Gasteiger partial charge on any atom is -0.360 e. The van der Waals surface area contributed by atoms with E-state index in [1.54, 1.807) is 0 Å². The van der Waals surface area contributed by atoms with Crippen molar-refractivity contribution in [1.29, 1.82) is 0 Å². The van der Waals surface area contributed by atoms with E-state index in [1.807, 2.05) is 6.92 Å². The van der Waals surface area contributed by atoms with Crippen LogP contribution in [0, 0.1) is 5.92 Å². The number of hydrogen-bond acceptors (Lipinski definition) is 1. The lowest BCUT2D eigenvalue weighted by Crippen LogP contribution is -2.13. The monoisotopic (exact) mass is 163 g/mol. The molecule has 0 amide bonds. The van der Waals surface area contributed by atoms with Crippen molar-refractivity contribution in [1.82, 2.24) is 5.32 Å². The highest BCUT2D eigenvalue weighted by molar-refractivity contribution is 5.30. The minimum absolute atomic E-state index is 0.681. The van der Waals surface area contributed by atoms with Crippen molar-refractivity contribution in [2.75, 3.05) is 0 Å². The van der Waals surface area contributed by atoms with Crippen molar-refractivity contribution in [2.24, 2.45) is 5.92 Å². The lowest BCUT2D eigenvalue weighted by atomic mass is 9.95. The molecule has 1 aliphatic rings. The van der Waals surface area contributed by atoms with Crippen LogP contribution < -0.4 is 5.32 Å². The number of allylic oxidation sites excluding steroid dienone is 4. The van der Waals surface area contributed by atoms with Crippen LogP contribution in [0.1, 0.15) is 27.2 Å². The Labute approximate surface area is 74.9 Å². The van der Waals surface area contributed by atoms with Crippen LogP contribution in [0.25, 0.3) is 0 Å². The van der Waals surface area contributed by atoms with Crippen molar-refractivity contribution < 1.29 is 0 Å². The zero-order valence-electron chi connectivity index (χ0n) is 8.15. The Morgan fingerprint density at radius 3 is 2.83 bits per heavy atom. The molecule has 66 valence electrons. The molecule has 0 heterocycles. The molecule has 1 unspecified atom stereocenters. The van der Waals surface area contributed by atoms with Crippen LogP contribution in [0.4, 0.5) is 0 Å². The van der Waals surface area contributed by atoms with Gasteiger partial charge in [-0.25, -0.2) is 0 Å². The standard InChI is InChI=1S/C11H17N/c1-8(2)12-11-6-5-9(3)7-10(11)4/h5-6,9,12H,1,7H2,2-4H3. The van der Waals surface area contributed by atoms with E-state index in [1.165, 1.54) is 11.3 Å². The fraction of sp³-hybridized carbons (Fsp3) is 0.455. The molecule has 0 aromatic carbocycles. The van der Waals surface area contributed by atoms with Crippen molar-refractivity contribution in [2.45, 2.75) is 27.2 Å². The highest BCUT2D eigenvalue weighted by Crippen LogP contribution is 2.21. The Kier molecular flexibility index (Phi) is 2.74. The Morgan fingerprint density at radius 1 is 1.67 bits per heavy atom. The van der Waals surface area contributed by atoms with Gasteiger partial charge in [-0.1, -0.05) is 19.6 Å². The van der Waals surface area contributed by atoms with Gasteiger partial charge >= 0.3 is 0 Å². The summed E-state index contributed by atoms with van der Waals surface area (Å²) in [4.78, 5) is 0. The molecule has 0 fully saturated rings. The van der Waals surface area contributed by atoms with E-state index in [2.05, 4.69) is 37.9 Å². The molecule has 0 spiro atoms. The van der Waals surface area contributed by atoms with Gasteiger partial charge in [0.25, 0.3) is 0 Å². The lowest BCUT2D eigenvalue weighted by Gasteiger charge is -2.18. The Morgan fingerprint density at radius 2 is 2.33 bits per heavy atom. The first-order chi connectivity index (χ1) is 5.59. The fourth-order valence-electron chi connectivity index (χ4n) is 1.44. The van der Waals surface area contributed by atoms with Gasteiger partial charge in [0.2, 0.25) is 0 Å². The SMILES string of the molecule is C=C(C)NC1=C(C)CC(C)C=C1. The molecule has 1 N–H and O–H groups in total. The van der Waals surface area contributed by atoms with Gasteiger partial charge in [-0.2, -0.15) is 0 Å². The van der Waals surface area contributed by atoms with Gasteiger partial charge in [0, 0.05) is 11.4 Å². The average molecular weight is 163 g/mol. The smallest absolute Gasteiger partial charge is 0.0367 e. The number of hydrogen-bond donors (Lipinski definition) is 1. The summed E-state index contributed by atoms with van der Waals surface area (Å²) in [5.74, 6) is 0.681. The highest BCUT2D eigenvalue weighted by Gasteiger charge is 2.08. The summed E-state index contributed by atoms with van der Waals surface area (Å²) in [6.45, 7) is 10.2. The molecule has 0 aromatic heterocycles. The molecule has 12 heavy (non-hydrogen) atoms. The van der Waals surface area contributed by atoms with Gasteiger partial charge in [-0.3, -0.25) is 0 Å². The van der Waals surface area contributed by atoms with Gasteiger partial charge in [-0.05, 0) is 37.8 Å². The molecule has 0 radical (unpaired) electrons. The zero-order chi connectivity index (χ0) is 9.14. The Hall–Kier alpha value is -0.980. The average Bonchev–Trinajstić information content (AvgIpc) is 1.94. The first-order valence-electron chi connectivity index (χ1n) is 4.40. The molecular formula is C11H17N. The van der Waals surface area contributed by atoms with Crippen LogP contribution in [0.5, 0.6) is 0 Å². The molecule has 1 rings (SSSR count). The Balaban J connectivity index is 2.70. The quantitative estimate of drug-likeness (QED) is 0.660. The van der Waals surface area contributed by atoms with Crippen molar-refractivity contribution >= 4 is 0 Å². The van der Waals surface area contributed by atoms with Crippen molar-refractivity contribution in [3.8, 4) is 0 Å². The van der Waals surface area contributed by atoms with Crippen LogP contribution in [0.3, 0.4) is 0 Å². The van der Waals surface area contributed by atoms with E-state index in [4.69, 9.17) is 0 Å². The van der Waals surface area contributed by atoms with E-state index in [0.29, 0.717) is 5.92 Å². The van der Waals surface area contributed by atoms with Gasteiger partial charge in [-0.15, -0.1) is 0 Å².